The lowest BCUT2D eigenvalue weighted by Crippen LogP contribution is -2.12. The molecule has 1 heterocycles. The first kappa shape index (κ1) is 13.4. The number of nitrogens with two attached hydrogens (primary N) is 1. The van der Waals surface area contributed by atoms with Crippen LogP contribution in [0, 0.1) is 0 Å². The number of aromatic nitrogens is 1. The van der Waals surface area contributed by atoms with Gasteiger partial charge in [-0.05, 0) is 23.8 Å². The minimum atomic E-state index is -0.0820. The van der Waals surface area contributed by atoms with Gasteiger partial charge >= 0.3 is 0 Å². The molecule has 3 aromatic rings. The van der Waals surface area contributed by atoms with Gasteiger partial charge in [-0.3, -0.25) is 4.79 Å². The van der Waals surface area contributed by atoms with Gasteiger partial charge in [0.05, 0.1) is 6.54 Å². The number of ether oxygens (including phenoxy) is 1. The van der Waals surface area contributed by atoms with Crippen molar-refractivity contribution in [3.05, 3.63) is 65.9 Å². The standard InChI is InChI=1S/C17H16N2O2/c18-9-17(20)15-10-19-16-7-6-13(8-14(15)16)21-11-12-4-2-1-3-5-12/h1-8,10,19H,9,11,18H2. The summed E-state index contributed by atoms with van der Waals surface area (Å²) in [6.45, 7) is 0.499. The summed E-state index contributed by atoms with van der Waals surface area (Å²) < 4.78 is 5.78. The predicted octanol–water partition coefficient (Wildman–Crippen LogP) is 2.89. The van der Waals surface area contributed by atoms with Gasteiger partial charge in [-0.1, -0.05) is 30.3 Å². The van der Waals surface area contributed by atoms with Crippen LogP contribution in [0.4, 0.5) is 0 Å². The average molecular weight is 280 g/mol. The first-order chi connectivity index (χ1) is 10.3. The number of ketones is 1. The minimum absolute atomic E-state index is 0.00204. The van der Waals surface area contributed by atoms with E-state index in [0.29, 0.717) is 12.2 Å². The molecule has 0 bridgehead atoms. The molecule has 0 aliphatic rings. The molecule has 0 fully saturated rings. The van der Waals surface area contributed by atoms with Gasteiger partial charge in [0.25, 0.3) is 0 Å². The van der Waals surface area contributed by atoms with Crippen molar-refractivity contribution in [1.82, 2.24) is 4.98 Å². The normalized spacial score (nSPS) is 10.7. The van der Waals surface area contributed by atoms with E-state index in [1.165, 1.54) is 0 Å². The molecule has 4 nitrogen and oxygen atoms in total. The lowest BCUT2D eigenvalue weighted by atomic mass is 10.1. The zero-order valence-electron chi connectivity index (χ0n) is 11.5. The van der Waals surface area contributed by atoms with Gasteiger partial charge in [0.2, 0.25) is 0 Å². The number of fused-ring (bicyclic) bond motifs is 1. The largest absolute Gasteiger partial charge is 0.489 e. The van der Waals surface area contributed by atoms with Gasteiger partial charge in [-0.15, -0.1) is 0 Å². The molecule has 3 rings (SSSR count). The number of carbonyl (C=O) groups is 1. The molecule has 4 heteroatoms. The third-order valence-electron chi connectivity index (χ3n) is 3.39. The maximum Gasteiger partial charge on any atom is 0.178 e. The molecular weight excluding hydrogens is 264 g/mol. The fourth-order valence-electron chi connectivity index (χ4n) is 2.27. The van der Waals surface area contributed by atoms with E-state index in [9.17, 15) is 4.79 Å². The molecule has 0 unspecified atom stereocenters. The van der Waals surface area contributed by atoms with E-state index < -0.39 is 0 Å². The number of Topliss-reactive ketones (excluding diaryl/α,β-unsaturated/α-hetero) is 1. The van der Waals surface area contributed by atoms with Gasteiger partial charge < -0.3 is 15.5 Å². The molecule has 0 radical (unpaired) electrons. The fraction of sp³-hybridized carbons (Fsp3) is 0.118. The molecule has 0 saturated heterocycles. The van der Waals surface area contributed by atoms with Crippen LogP contribution < -0.4 is 10.5 Å². The summed E-state index contributed by atoms with van der Waals surface area (Å²) in [4.78, 5) is 14.9. The Hall–Kier alpha value is -2.59. The molecule has 1 aromatic heterocycles. The van der Waals surface area contributed by atoms with Crippen molar-refractivity contribution in [3.8, 4) is 5.75 Å². The second kappa shape index (κ2) is 5.81. The molecule has 0 spiro atoms. The third kappa shape index (κ3) is 2.80. The van der Waals surface area contributed by atoms with E-state index in [4.69, 9.17) is 10.5 Å². The zero-order valence-corrected chi connectivity index (χ0v) is 11.5. The first-order valence-electron chi connectivity index (χ1n) is 6.79. The van der Waals surface area contributed by atoms with Crippen molar-refractivity contribution in [2.75, 3.05) is 6.54 Å². The van der Waals surface area contributed by atoms with Crippen LogP contribution in [0.2, 0.25) is 0 Å². The lowest BCUT2D eigenvalue weighted by Gasteiger charge is -2.06. The molecular formula is C17H16N2O2. The fourth-order valence-corrected chi connectivity index (χ4v) is 2.27. The number of hydrogen-bond acceptors (Lipinski definition) is 3. The van der Waals surface area contributed by atoms with E-state index >= 15 is 0 Å². The smallest absolute Gasteiger partial charge is 0.178 e. The van der Waals surface area contributed by atoms with Crippen LogP contribution in [0.25, 0.3) is 10.9 Å². The third-order valence-corrected chi connectivity index (χ3v) is 3.39. The monoisotopic (exact) mass is 280 g/mol. The maximum absolute atomic E-state index is 11.8. The Morgan fingerprint density at radius 2 is 1.95 bits per heavy atom. The van der Waals surface area contributed by atoms with E-state index in [1.807, 2.05) is 48.5 Å². The van der Waals surface area contributed by atoms with Crippen LogP contribution in [0.5, 0.6) is 5.75 Å². The Morgan fingerprint density at radius 3 is 2.71 bits per heavy atom. The van der Waals surface area contributed by atoms with Crippen molar-refractivity contribution < 1.29 is 9.53 Å². The number of aromatic amines is 1. The first-order valence-corrected chi connectivity index (χ1v) is 6.79. The zero-order chi connectivity index (χ0) is 14.7. The average Bonchev–Trinajstić information content (AvgIpc) is 2.96. The number of nitrogens with one attached hydrogen (secondary N) is 1. The van der Waals surface area contributed by atoms with E-state index in [-0.39, 0.29) is 12.3 Å². The van der Waals surface area contributed by atoms with Crippen LogP contribution in [-0.4, -0.2) is 17.3 Å². The molecule has 106 valence electrons. The number of H-pyrrole nitrogens is 1. The van der Waals surface area contributed by atoms with Crippen LogP contribution in [-0.2, 0) is 6.61 Å². The molecule has 0 amide bonds. The van der Waals surface area contributed by atoms with Crippen LogP contribution in [0.15, 0.2) is 54.7 Å². The van der Waals surface area contributed by atoms with E-state index in [2.05, 4.69) is 4.98 Å². The van der Waals surface area contributed by atoms with Gasteiger partial charge in [0, 0.05) is 22.7 Å². The second-order valence-electron chi connectivity index (χ2n) is 4.81. The van der Waals surface area contributed by atoms with E-state index in [0.717, 1.165) is 22.2 Å². The highest BCUT2D eigenvalue weighted by Gasteiger charge is 2.11. The Labute approximate surface area is 122 Å². The molecule has 0 aliphatic heterocycles. The number of rotatable bonds is 5. The highest BCUT2D eigenvalue weighted by Crippen LogP contribution is 2.24. The SMILES string of the molecule is NCC(=O)c1c[nH]c2ccc(OCc3ccccc3)cc12. The topological polar surface area (TPSA) is 68.1 Å². The van der Waals surface area contributed by atoms with Crippen molar-refractivity contribution in [2.24, 2.45) is 5.73 Å². The number of hydrogen-bond donors (Lipinski definition) is 2. The Bertz CT molecular complexity index is 763. The predicted molar refractivity (Wildman–Crippen MR) is 82.5 cm³/mol. The Balaban J connectivity index is 1.84. The molecule has 0 saturated carbocycles. The number of benzene rings is 2. The molecule has 0 aliphatic carbocycles. The van der Waals surface area contributed by atoms with Crippen LogP contribution in [0.3, 0.4) is 0 Å². The molecule has 2 aromatic carbocycles. The quantitative estimate of drug-likeness (QED) is 0.706. The van der Waals surface area contributed by atoms with Gasteiger partial charge in [0.15, 0.2) is 5.78 Å². The second-order valence-corrected chi connectivity index (χ2v) is 4.81. The van der Waals surface area contributed by atoms with Crippen molar-refractivity contribution >= 4 is 16.7 Å². The summed E-state index contributed by atoms with van der Waals surface area (Å²) in [5.41, 5.74) is 8.04. The maximum atomic E-state index is 11.8. The van der Waals surface area contributed by atoms with Crippen LogP contribution >= 0.6 is 0 Å². The summed E-state index contributed by atoms with van der Waals surface area (Å²) >= 11 is 0. The molecule has 3 N–H and O–H groups in total. The summed E-state index contributed by atoms with van der Waals surface area (Å²) in [5, 5.41) is 0.844. The van der Waals surface area contributed by atoms with Crippen molar-refractivity contribution in [2.45, 2.75) is 6.61 Å². The highest BCUT2D eigenvalue weighted by atomic mass is 16.5. The van der Waals surface area contributed by atoms with E-state index in [1.54, 1.807) is 6.20 Å². The lowest BCUT2D eigenvalue weighted by molar-refractivity contribution is 0.100. The molecule has 21 heavy (non-hydrogen) atoms. The number of carbonyl (C=O) groups excluding carboxylic acids is 1. The van der Waals surface area contributed by atoms with Gasteiger partial charge in [0.1, 0.15) is 12.4 Å². The van der Waals surface area contributed by atoms with Crippen LogP contribution in [0.1, 0.15) is 15.9 Å². The summed E-state index contributed by atoms with van der Waals surface area (Å²) in [7, 11) is 0. The summed E-state index contributed by atoms with van der Waals surface area (Å²) in [6.07, 6.45) is 1.70. The Kier molecular flexibility index (Phi) is 3.71. The highest BCUT2D eigenvalue weighted by molar-refractivity contribution is 6.09. The summed E-state index contributed by atoms with van der Waals surface area (Å²) in [6, 6.07) is 15.6. The minimum Gasteiger partial charge on any atom is -0.489 e. The van der Waals surface area contributed by atoms with Crippen molar-refractivity contribution in [1.29, 1.82) is 0 Å². The summed E-state index contributed by atoms with van der Waals surface area (Å²) in [5.74, 6) is 0.651. The van der Waals surface area contributed by atoms with Gasteiger partial charge in [-0.2, -0.15) is 0 Å². The van der Waals surface area contributed by atoms with Gasteiger partial charge in [-0.25, -0.2) is 0 Å². The molecule has 0 atom stereocenters. The Morgan fingerprint density at radius 1 is 1.14 bits per heavy atom. The van der Waals surface area contributed by atoms with Crippen molar-refractivity contribution in [3.63, 3.8) is 0 Å².